The fourth-order valence-electron chi connectivity index (χ4n) is 0.204. The largest absolute Gasteiger partial charge is 0.505 e. The van der Waals surface area contributed by atoms with Gasteiger partial charge in [0, 0.05) is 0 Å². The maximum Gasteiger partial charge on any atom is 0.505 e. The van der Waals surface area contributed by atoms with Crippen LogP contribution in [-0.2, 0) is 4.74 Å². The van der Waals surface area contributed by atoms with Crippen molar-refractivity contribution in [1.29, 1.82) is 0 Å². The number of carboxylic acid groups (broad SMARTS) is 1. The minimum absolute atomic E-state index is 1.10. The number of rotatable bonds is 2. The summed E-state index contributed by atoms with van der Waals surface area (Å²) in [6.45, 7) is 2.20. The van der Waals surface area contributed by atoms with Crippen molar-refractivity contribution in [3.8, 4) is 0 Å². The van der Waals surface area contributed by atoms with Gasteiger partial charge in [-0.1, -0.05) is 19.8 Å². The third-order valence-corrected chi connectivity index (χ3v) is 1.14. The van der Waals surface area contributed by atoms with E-state index in [1.807, 2.05) is 0 Å². The average molecular weight is 166 g/mol. The summed E-state index contributed by atoms with van der Waals surface area (Å²) in [7, 11) is 3.80. The summed E-state index contributed by atoms with van der Waals surface area (Å²) in [5.74, 6) is 0. The van der Waals surface area contributed by atoms with E-state index in [1.54, 1.807) is 0 Å². The first-order valence-electron chi connectivity index (χ1n) is 3.16. The first kappa shape index (κ1) is 12.4. The minimum Gasteiger partial charge on any atom is -0.450 e. The molecule has 0 heterocycles. The van der Waals surface area contributed by atoms with Crippen LogP contribution in [0.3, 0.4) is 0 Å². The number of methoxy groups -OCH3 is 1. The summed E-state index contributed by atoms with van der Waals surface area (Å²) < 4.78 is 3.67. The van der Waals surface area contributed by atoms with Crippen LogP contribution < -0.4 is 0 Å². The van der Waals surface area contributed by atoms with Crippen molar-refractivity contribution in [2.75, 3.05) is 13.3 Å². The molecular formula is C6H15O3P. The zero-order valence-corrected chi connectivity index (χ0v) is 7.62. The zero-order chi connectivity index (χ0) is 8.41. The van der Waals surface area contributed by atoms with Crippen molar-refractivity contribution < 1.29 is 14.6 Å². The highest BCUT2D eigenvalue weighted by Gasteiger charge is 1.80. The van der Waals surface area contributed by atoms with E-state index in [1.165, 1.54) is 19.0 Å². The molecule has 0 saturated carbocycles. The predicted octanol–water partition coefficient (Wildman–Crippen LogP) is 1.97. The maximum atomic E-state index is 9.15. The molecule has 0 aromatic carbocycles. The van der Waals surface area contributed by atoms with Crippen molar-refractivity contribution in [3.63, 3.8) is 0 Å². The lowest BCUT2D eigenvalue weighted by Crippen LogP contribution is -1.91. The van der Waals surface area contributed by atoms with Gasteiger partial charge in [-0.15, -0.1) is 9.24 Å². The minimum atomic E-state index is -1.25. The third kappa shape index (κ3) is 25.2. The average Bonchev–Trinajstić information content (AvgIpc) is 1.91. The lowest BCUT2D eigenvalue weighted by atomic mass is 10.4. The SMILES string of the molecule is CCCCP.COC(=O)O. The van der Waals surface area contributed by atoms with Crippen LogP contribution >= 0.6 is 9.24 Å². The van der Waals surface area contributed by atoms with Gasteiger partial charge in [-0.3, -0.25) is 0 Å². The van der Waals surface area contributed by atoms with Gasteiger partial charge >= 0.3 is 6.16 Å². The van der Waals surface area contributed by atoms with Crippen LogP contribution in [0, 0.1) is 0 Å². The number of hydrogen-bond donors (Lipinski definition) is 1. The van der Waals surface area contributed by atoms with Crippen LogP contribution in [0.2, 0.25) is 0 Å². The second-order valence-corrected chi connectivity index (χ2v) is 2.19. The molecule has 0 spiro atoms. The lowest BCUT2D eigenvalue weighted by Gasteiger charge is -1.79. The van der Waals surface area contributed by atoms with Gasteiger partial charge in [0.2, 0.25) is 0 Å². The van der Waals surface area contributed by atoms with E-state index < -0.39 is 6.16 Å². The topological polar surface area (TPSA) is 46.5 Å². The lowest BCUT2D eigenvalue weighted by molar-refractivity contribution is 0.114. The molecule has 62 valence electrons. The highest BCUT2D eigenvalue weighted by atomic mass is 31.0. The Labute approximate surface area is 64.0 Å². The van der Waals surface area contributed by atoms with Crippen LogP contribution in [0.1, 0.15) is 19.8 Å². The van der Waals surface area contributed by atoms with Gasteiger partial charge in [0.05, 0.1) is 7.11 Å². The predicted molar refractivity (Wildman–Crippen MR) is 44.5 cm³/mol. The molecule has 0 bridgehead atoms. The molecule has 0 aromatic heterocycles. The van der Waals surface area contributed by atoms with Gasteiger partial charge in [-0.25, -0.2) is 4.79 Å². The highest BCUT2D eigenvalue weighted by molar-refractivity contribution is 7.16. The molecule has 0 amide bonds. The van der Waals surface area contributed by atoms with Gasteiger partial charge in [0.1, 0.15) is 0 Å². The van der Waals surface area contributed by atoms with E-state index in [9.17, 15) is 0 Å². The van der Waals surface area contributed by atoms with Crippen molar-refractivity contribution in [1.82, 2.24) is 0 Å². The molecule has 10 heavy (non-hydrogen) atoms. The van der Waals surface area contributed by atoms with E-state index >= 15 is 0 Å². The molecule has 0 aliphatic carbocycles. The monoisotopic (exact) mass is 166 g/mol. The second-order valence-electron chi connectivity index (χ2n) is 1.61. The Morgan fingerprint density at radius 3 is 2.10 bits per heavy atom. The van der Waals surface area contributed by atoms with Gasteiger partial charge in [0.25, 0.3) is 0 Å². The number of ether oxygens (including phenoxy) is 1. The Balaban J connectivity index is 0. The summed E-state index contributed by atoms with van der Waals surface area (Å²) in [6, 6.07) is 0. The highest BCUT2D eigenvalue weighted by Crippen LogP contribution is 1.89. The Kier molecular flexibility index (Phi) is 14.2. The molecule has 0 saturated heterocycles. The fraction of sp³-hybridized carbons (Fsp3) is 0.833. The number of carbonyl (C=O) groups is 1. The summed E-state index contributed by atoms with van der Waals surface area (Å²) in [4.78, 5) is 9.15. The van der Waals surface area contributed by atoms with Crippen molar-refractivity contribution in [2.45, 2.75) is 19.8 Å². The molecule has 0 aromatic rings. The van der Waals surface area contributed by atoms with E-state index in [-0.39, 0.29) is 0 Å². The molecule has 1 unspecified atom stereocenters. The summed E-state index contributed by atoms with van der Waals surface area (Å²) >= 11 is 0. The van der Waals surface area contributed by atoms with Gasteiger partial charge in [-0.05, 0) is 6.16 Å². The second kappa shape index (κ2) is 11.5. The van der Waals surface area contributed by atoms with E-state index in [0.29, 0.717) is 0 Å². The van der Waals surface area contributed by atoms with Crippen LogP contribution in [0.25, 0.3) is 0 Å². The molecule has 0 radical (unpaired) electrons. The van der Waals surface area contributed by atoms with Gasteiger partial charge < -0.3 is 9.84 Å². The van der Waals surface area contributed by atoms with E-state index in [0.717, 1.165) is 7.11 Å². The first-order chi connectivity index (χ1) is 4.68. The Morgan fingerprint density at radius 1 is 1.70 bits per heavy atom. The van der Waals surface area contributed by atoms with E-state index in [2.05, 4.69) is 20.9 Å². The standard InChI is InChI=1S/C4H11P.C2H4O3/c1-2-3-4-5;1-5-2(3)4/h2-5H2,1H3;1H3,(H,3,4). The normalized spacial score (nSPS) is 7.50. The number of hydrogen-bond acceptors (Lipinski definition) is 2. The summed E-state index contributed by atoms with van der Waals surface area (Å²) in [5.41, 5.74) is 0. The molecule has 0 rings (SSSR count). The fourth-order valence-corrected chi connectivity index (χ4v) is 0.612. The Bertz CT molecular complexity index is 73.4. The molecule has 0 aliphatic rings. The van der Waals surface area contributed by atoms with Crippen LogP contribution in [0.4, 0.5) is 4.79 Å². The first-order valence-corrected chi connectivity index (χ1v) is 3.97. The number of unbranched alkanes of at least 4 members (excludes halogenated alkanes) is 1. The zero-order valence-electron chi connectivity index (χ0n) is 6.46. The summed E-state index contributed by atoms with van der Waals surface area (Å²) in [5, 5.41) is 7.50. The third-order valence-electron chi connectivity index (χ3n) is 0.732. The van der Waals surface area contributed by atoms with Crippen LogP contribution in [0.5, 0.6) is 0 Å². The van der Waals surface area contributed by atoms with Crippen molar-refractivity contribution in [3.05, 3.63) is 0 Å². The Morgan fingerprint density at radius 2 is 2.10 bits per heavy atom. The quantitative estimate of drug-likeness (QED) is 0.504. The van der Waals surface area contributed by atoms with Crippen molar-refractivity contribution in [2.24, 2.45) is 0 Å². The molecule has 1 N–H and O–H groups in total. The maximum absolute atomic E-state index is 9.15. The molecular weight excluding hydrogens is 151 g/mol. The molecule has 0 aliphatic heterocycles. The van der Waals surface area contributed by atoms with E-state index in [4.69, 9.17) is 9.90 Å². The molecule has 4 heteroatoms. The molecule has 0 fully saturated rings. The Hall–Kier alpha value is -0.300. The van der Waals surface area contributed by atoms with Gasteiger partial charge in [-0.2, -0.15) is 0 Å². The molecule has 3 nitrogen and oxygen atoms in total. The van der Waals surface area contributed by atoms with Gasteiger partial charge in [0.15, 0.2) is 0 Å². The smallest absolute Gasteiger partial charge is 0.450 e. The van der Waals surface area contributed by atoms with Crippen LogP contribution in [-0.4, -0.2) is 24.5 Å². The van der Waals surface area contributed by atoms with Crippen LogP contribution in [0.15, 0.2) is 0 Å². The summed E-state index contributed by atoms with van der Waals surface area (Å²) in [6.07, 6.45) is 2.69. The molecule has 1 atom stereocenters. The van der Waals surface area contributed by atoms with Crippen molar-refractivity contribution >= 4 is 15.4 Å².